The first-order chi connectivity index (χ1) is 16.4. The minimum absolute atomic E-state index is 0.164. The Labute approximate surface area is 203 Å². The lowest BCUT2D eigenvalue weighted by Crippen LogP contribution is -2.46. The Morgan fingerprint density at radius 3 is 2.20 bits per heavy atom. The molecular weight excluding hydrogens is 468 g/mol. The summed E-state index contributed by atoms with van der Waals surface area (Å²) in [6.07, 6.45) is 3.51. The van der Waals surface area contributed by atoms with Crippen molar-refractivity contribution in [3.63, 3.8) is 0 Å². The van der Waals surface area contributed by atoms with Crippen LogP contribution in [0.4, 0.5) is 4.39 Å². The first-order valence-corrected chi connectivity index (χ1v) is 12.6. The maximum Gasteiger partial charge on any atom is 0.327 e. The van der Waals surface area contributed by atoms with E-state index in [1.54, 1.807) is 25.6 Å². The zero-order valence-electron chi connectivity index (χ0n) is 19.9. The van der Waals surface area contributed by atoms with Gasteiger partial charge in [0.15, 0.2) is 0 Å². The minimum Gasteiger partial charge on any atom is -0.480 e. The quantitative estimate of drug-likeness (QED) is 0.295. The number of hydrogen-bond acceptors (Lipinski definition) is 4. The summed E-state index contributed by atoms with van der Waals surface area (Å²) in [6, 6.07) is 14.3. The van der Waals surface area contributed by atoms with E-state index >= 15 is 0 Å². The molecule has 1 aromatic heterocycles. The van der Waals surface area contributed by atoms with Crippen LogP contribution >= 0.6 is 7.37 Å². The third-order valence-corrected chi connectivity index (χ3v) is 8.23. The standard InChI is InChI=1S/C27H27FNO5P/c1-6-35(33,34)27(18(5)30,26(31)32)24-22(19-11-13-20(28)14-12-19)15-23(29-25(24)16(2)3)21-10-8-7-9-17(21)4/h1,7-16,18,30H,2-5H3,(H,31,32)(H,33,34). The van der Waals surface area contributed by atoms with E-state index in [0.717, 1.165) is 18.1 Å². The molecule has 3 aromatic rings. The number of halogens is 1. The number of carboxylic acids is 1. The number of carbonyl (C=O) groups is 1. The number of aliphatic hydroxyl groups is 1. The number of benzene rings is 2. The normalized spacial score (nSPS) is 15.6. The minimum atomic E-state index is -5.00. The highest BCUT2D eigenvalue weighted by Crippen LogP contribution is 2.64. The number of terminal acetylenes is 1. The molecule has 3 atom stereocenters. The van der Waals surface area contributed by atoms with E-state index in [-0.39, 0.29) is 16.8 Å². The van der Waals surface area contributed by atoms with Gasteiger partial charge in [-0.3, -0.25) is 14.3 Å². The SMILES string of the molecule is C#CP(=O)(O)C(C(=O)O)(c1c(-c2ccc(F)cc2)cc(-c2ccccc2C)nc1C(C)C)C(C)O. The summed E-state index contributed by atoms with van der Waals surface area (Å²) < 4.78 is 27.2. The maximum absolute atomic E-state index is 13.8. The van der Waals surface area contributed by atoms with E-state index in [2.05, 4.69) is 0 Å². The highest BCUT2D eigenvalue weighted by molar-refractivity contribution is 7.65. The lowest BCUT2D eigenvalue weighted by molar-refractivity contribution is -0.143. The molecule has 3 rings (SSSR count). The number of aromatic nitrogens is 1. The lowest BCUT2D eigenvalue weighted by Gasteiger charge is -2.37. The zero-order valence-corrected chi connectivity index (χ0v) is 20.8. The van der Waals surface area contributed by atoms with Gasteiger partial charge in [-0.2, -0.15) is 0 Å². The molecule has 35 heavy (non-hydrogen) atoms. The molecule has 0 aliphatic carbocycles. The molecule has 1 heterocycles. The number of aliphatic hydroxyl groups excluding tert-OH is 1. The van der Waals surface area contributed by atoms with Gasteiger partial charge >= 0.3 is 5.97 Å². The average Bonchev–Trinajstić information content (AvgIpc) is 2.79. The number of aryl methyl sites for hydroxylation is 1. The summed E-state index contributed by atoms with van der Waals surface area (Å²) in [5.41, 5.74) is 4.53. The van der Waals surface area contributed by atoms with Crippen LogP contribution in [0.3, 0.4) is 0 Å². The topological polar surface area (TPSA) is 108 Å². The van der Waals surface area contributed by atoms with Gasteiger partial charge in [-0.05, 0) is 60.3 Å². The van der Waals surface area contributed by atoms with Crippen molar-refractivity contribution in [3.8, 4) is 34.5 Å². The summed E-state index contributed by atoms with van der Waals surface area (Å²) in [5.74, 6) is -2.69. The second-order valence-electron chi connectivity index (χ2n) is 8.74. The molecule has 3 unspecified atom stereocenters. The van der Waals surface area contributed by atoms with Gasteiger partial charge in [0, 0.05) is 16.8 Å². The Hall–Kier alpha value is -3.30. The number of nitrogens with zero attached hydrogens (tertiary/aromatic N) is 1. The molecule has 0 amide bonds. The fourth-order valence-electron chi connectivity index (χ4n) is 4.37. The Morgan fingerprint density at radius 2 is 1.71 bits per heavy atom. The van der Waals surface area contributed by atoms with Crippen LogP contribution < -0.4 is 0 Å². The molecule has 182 valence electrons. The molecule has 0 spiro atoms. The summed E-state index contributed by atoms with van der Waals surface area (Å²) in [4.78, 5) is 28.4. The molecule has 6 nitrogen and oxygen atoms in total. The van der Waals surface area contributed by atoms with Gasteiger partial charge in [0.1, 0.15) is 5.82 Å². The number of carboxylic acid groups (broad SMARTS) is 1. The van der Waals surface area contributed by atoms with Crippen molar-refractivity contribution in [1.29, 1.82) is 0 Å². The molecule has 0 radical (unpaired) electrons. The molecule has 2 aromatic carbocycles. The highest BCUT2D eigenvalue weighted by Gasteiger charge is 2.61. The predicted octanol–water partition coefficient (Wildman–Crippen LogP) is 5.51. The van der Waals surface area contributed by atoms with Crippen LogP contribution in [0.2, 0.25) is 0 Å². The number of hydrogen-bond donors (Lipinski definition) is 3. The Bertz CT molecular complexity index is 1360. The van der Waals surface area contributed by atoms with Crippen LogP contribution in [0, 0.1) is 24.8 Å². The predicted molar refractivity (Wildman–Crippen MR) is 134 cm³/mol. The summed E-state index contributed by atoms with van der Waals surface area (Å²) in [6.45, 7) is 6.53. The van der Waals surface area contributed by atoms with Crippen molar-refractivity contribution < 1.29 is 28.9 Å². The second kappa shape index (κ2) is 9.75. The van der Waals surface area contributed by atoms with Crippen LogP contribution in [0.1, 0.15) is 43.5 Å². The lowest BCUT2D eigenvalue weighted by atomic mass is 9.82. The fraction of sp³-hybridized carbons (Fsp3) is 0.259. The molecule has 0 saturated heterocycles. The summed E-state index contributed by atoms with van der Waals surface area (Å²) in [7, 11) is -5.00. The van der Waals surface area contributed by atoms with E-state index in [1.165, 1.54) is 24.3 Å². The van der Waals surface area contributed by atoms with Gasteiger partial charge in [-0.15, -0.1) is 6.42 Å². The van der Waals surface area contributed by atoms with Gasteiger partial charge < -0.3 is 15.1 Å². The zero-order chi connectivity index (χ0) is 26.1. The fourth-order valence-corrected chi connectivity index (χ4v) is 5.88. The van der Waals surface area contributed by atoms with Crippen molar-refractivity contribution in [3.05, 3.63) is 77.2 Å². The smallest absolute Gasteiger partial charge is 0.327 e. The third kappa shape index (κ3) is 4.41. The van der Waals surface area contributed by atoms with E-state index in [0.29, 0.717) is 11.3 Å². The van der Waals surface area contributed by atoms with Gasteiger partial charge in [0.25, 0.3) is 7.37 Å². The van der Waals surface area contributed by atoms with Gasteiger partial charge in [-0.1, -0.05) is 50.2 Å². The first-order valence-electron chi connectivity index (χ1n) is 11.0. The van der Waals surface area contributed by atoms with Gasteiger partial charge in [0.2, 0.25) is 5.16 Å². The molecule has 8 heteroatoms. The van der Waals surface area contributed by atoms with Crippen molar-refractivity contribution >= 4 is 13.3 Å². The molecular formula is C27H27FNO5P. The van der Waals surface area contributed by atoms with Gasteiger partial charge in [0.05, 0.1) is 11.8 Å². The molecule has 0 aliphatic heterocycles. The van der Waals surface area contributed by atoms with Crippen molar-refractivity contribution in [2.24, 2.45) is 0 Å². The summed E-state index contributed by atoms with van der Waals surface area (Å²) in [5, 5.41) is 18.4. The van der Waals surface area contributed by atoms with E-state index in [4.69, 9.17) is 11.4 Å². The Kier molecular flexibility index (Phi) is 7.33. The molecule has 0 aliphatic rings. The maximum atomic E-state index is 13.8. The molecule has 0 bridgehead atoms. The largest absolute Gasteiger partial charge is 0.480 e. The Morgan fingerprint density at radius 1 is 1.11 bits per heavy atom. The van der Waals surface area contributed by atoms with E-state index in [1.807, 2.05) is 31.2 Å². The van der Waals surface area contributed by atoms with E-state index in [9.17, 15) is 28.9 Å². The van der Waals surface area contributed by atoms with Crippen molar-refractivity contribution in [1.82, 2.24) is 4.98 Å². The second-order valence-corrected chi connectivity index (χ2v) is 10.9. The van der Waals surface area contributed by atoms with Crippen LogP contribution in [0.5, 0.6) is 0 Å². The van der Waals surface area contributed by atoms with Crippen molar-refractivity contribution in [2.75, 3.05) is 0 Å². The van der Waals surface area contributed by atoms with Crippen molar-refractivity contribution in [2.45, 2.75) is 44.9 Å². The van der Waals surface area contributed by atoms with E-state index < -0.39 is 36.3 Å². The monoisotopic (exact) mass is 495 g/mol. The van der Waals surface area contributed by atoms with Crippen LogP contribution in [-0.2, 0) is 14.5 Å². The van der Waals surface area contributed by atoms with Crippen LogP contribution in [-0.4, -0.2) is 32.2 Å². The highest BCUT2D eigenvalue weighted by atomic mass is 31.2. The number of rotatable bonds is 7. The molecule has 3 N–H and O–H groups in total. The molecule has 0 fully saturated rings. The summed E-state index contributed by atoms with van der Waals surface area (Å²) >= 11 is 0. The average molecular weight is 495 g/mol. The number of pyridine rings is 1. The first kappa shape index (κ1) is 26.3. The van der Waals surface area contributed by atoms with Gasteiger partial charge in [-0.25, -0.2) is 4.39 Å². The Balaban J connectivity index is 2.63. The number of aliphatic carboxylic acids is 1. The van der Waals surface area contributed by atoms with Crippen LogP contribution in [0.25, 0.3) is 22.4 Å². The van der Waals surface area contributed by atoms with Crippen LogP contribution in [0.15, 0.2) is 54.6 Å². The third-order valence-electron chi connectivity index (χ3n) is 6.14. The molecule has 0 saturated carbocycles.